The third-order valence-electron chi connectivity index (χ3n) is 1.89. The molecule has 1 atom stereocenters. The van der Waals surface area contributed by atoms with E-state index in [4.69, 9.17) is 10.2 Å². The maximum atomic E-state index is 9.17. The number of thioether (sulfide) groups is 2. The molecule has 4 heteroatoms. The SMILES string of the molecule is CCSC(CCC[C@H](O)CO)SCC. The van der Waals surface area contributed by atoms with Crippen LogP contribution in [-0.4, -0.2) is 39.0 Å². The van der Waals surface area contributed by atoms with Gasteiger partial charge in [0.05, 0.1) is 17.3 Å². The fourth-order valence-corrected chi connectivity index (χ4v) is 3.81. The van der Waals surface area contributed by atoms with E-state index in [9.17, 15) is 0 Å². The Morgan fingerprint density at radius 3 is 2.07 bits per heavy atom. The van der Waals surface area contributed by atoms with Crippen LogP contribution in [0.15, 0.2) is 0 Å². The average Bonchev–Trinajstić information content (AvgIpc) is 2.18. The molecular weight excluding hydrogens is 216 g/mol. The van der Waals surface area contributed by atoms with Crippen molar-refractivity contribution in [3.63, 3.8) is 0 Å². The third-order valence-corrected chi connectivity index (χ3v) is 4.59. The Bertz CT molecular complexity index is 117. The summed E-state index contributed by atoms with van der Waals surface area (Å²) in [4.78, 5) is 0. The average molecular weight is 238 g/mol. The lowest BCUT2D eigenvalue weighted by atomic mass is 10.2. The number of aliphatic hydroxyl groups excluding tert-OH is 2. The predicted molar refractivity (Wildman–Crippen MR) is 67.0 cm³/mol. The van der Waals surface area contributed by atoms with Crippen molar-refractivity contribution in [3.05, 3.63) is 0 Å². The highest BCUT2D eigenvalue weighted by molar-refractivity contribution is 8.16. The van der Waals surface area contributed by atoms with E-state index in [0.717, 1.165) is 30.8 Å². The number of aliphatic hydroxyl groups is 2. The van der Waals surface area contributed by atoms with E-state index in [0.29, 0.717) is 4.58 Å². The molecule has 0 saturated carbocycles. The van der Waals surface area contributed by atoms with E-state index in [1.807, 2.05) is 23.5 Å². The van der Waals surface area contributed by atoms with Crippen LogP contribution in [0, 0.1) is 0 Å². The van der Waals surface area contributed by atoms with Crippen molar-refractivity contribution in [1.82, 2.24) is 0 Å². The Morgan fingerprint density at radius 2 is 1.64 bits per heavy atom. The molecule has 0 spiro atoms. The highest BCUT2D eigenvalue weighted by Crippen LogP contribution is 2.28. The fourth-order valence-electron chi connectivity index (χ4n) is 1.20. The summed E-state index contributed by atoms with van der Waals surface area (Å²) in [5.41, 5.74) is 0. The van der Waals surface area contributed by atoms with Crippen LogP contribution in [0.3, 0.4) is 0 Å². The van der Waals surface area contributed by atoms with Crippen LogP contribution in [0.2, 0.25) is 0 Å². The maximum absolute atomic E-state index is 9.17. The molecule has 14 heavy (non-hydrogen) atoms. The zero-order valence-corrected chi connectivity index (χ0v) is 10.7. The Morgan fingerprint density at radius 1 is 1.07 bits per heavy atom. The van der Waals surface area contributed by atoms with Crippen molar-refractivity contribution < 1.29 is 10.2 Å². The summed E-state index contributed by atoms with van der Waals surface area (Å²) in [6.07, 6.45) is 2.34. The van der Waals surface area contributed by atoms with Gasteiger partial charge in [-0.05, 0) is 30.8 Å². The topological polar surface area (TPSA) is 40.5 Å². The summed E-state index contributed by atoms with van der Waals surface area (Å²) in [6, 6.07) is 0. The second-order valence-electron chi connectivity index (χ2n) is 3.11. The highest BCUT2D eigenvalue weighted by atomic mass is 32.2. The first-order chi connectivity index (χ1) is 6.74. The van der Waals surface area contributed by atoms with Crippen LogP contribution >= 0.6 is 23.5 Å². The lowest BCUT2D eigenvalue weighted by Gasteiger charge is -2.15. The summed E-state index contributed by atoms with van der Waals surface area (Å²) in [5, 5.41) is 17.8. The lowest BCUT2D eigenvalue weighted by molar-refractivity contribution is 0.0864. The molecule has 0 aromatic carbocycles. The quantitative estimate of drug-likeness (QED) is 0.605. The molecule has 0 bridgehead atoms. The Kier molecular flexibility index (Phi) is 10.6. The smallest absolute Gasteiger partial charge is 0.0770 e. The Balaban J connectivity index is 3.49. The molecule has 0 amide bonds. The van der Waals surface area contributed by atoms with Crippen molar-refractivity contribution in [1.29, 1.82) is 0 Å². The summed E-state index contributed by atoms with van der Waals surface area (Å²) in [6.45, 7) is 4.25. The van der Waals surface area contributed by atoms with Gasteiger partial charge in [-0.3, -0.25) is 0 Å². The molecule has 0 aromatic heterocycles. The molecule has 2 nitrogen and oxygen atoms in total. The van der Waals surface area contributed by atoms with E-state index in [1.54, 1.807) is 0 Å². The van der Waals surface area contributed by atoms with E-state index >= 15 is 0 Å². The molecule has 0 radical (unpaired) electrons. The molecule has 0 fully saturated rings. The number of hydrogen-bond donors (Lipinski definition) is 2. The van der Waals surface area contributed by atoms with Gasteiger partial charge in [-0.1, -0.05) is 13.8 Å². The Hall–Kier alpha value is 0.620. The summed E-state index contributed by atoms with van der Waals surface area (Å²) < 4.78 is 0.663. The second kappa shape index (κ2) is 10.1. The van der Waals surface area contributed by atoms with E-state index < -0.39 is 6.10 Å². The Labute approximate surface area is 95.9 Å². The minimum Gasteiger partial charge on any atom is -0.394 e. The van der Waals surface area contributed by atoms with Crippen LogP contribution in [0.25, 0.3) is 0 Å². The first kappa shape index (κ1) is 14.6. The molecule has 0 saturated heterocycles. The van der Waals surface area contributed by atoms with E-state index in [2.05, 4.69) is 13.8 Å². The molecule has 0 aliphatic rings. The van der Waals surface area contributed by atoms with Gasteiger partial charge in [0.15, 0.2) is 0 Å². The molecule has 0 heterocycles. The lowest BCUT2D eigenvalue weighted by Crippen LogP contribution is -2.12. The zero-order valence-electron chi connectivity index (χ0n) is 9.11. The van der Waals surface area contributed by atoms with Gasteiger partial charge in [0.25, 0.3) is 0 Å². The first-order valence-electron chi connectivity index (χ1n) is 5.26. The van der Waals surface area contributed by atoms with Crippen molar-refractivity contribution in [2.24, 2.45) is 0 Å². The van der Waals surface area contributed by atoms with Gasteiger partial charge in [-0.2, -0.15) is 0 Å². The standard InChI is InChI=1S/C10H22O2S2/c1-3-13-10(14-4-2)7-5-6-9(12)8-11/h9-12H,3-8H2,1-2H3/t9-/m0/s1. The predicted octanol–water partition coefficient (Wildman–Crippen LogP) is 2.34. The minimum absolute atomic E-state index is 0.105. The van der Waals surface area contributed by atoms with Gasteiger partial charge < -0.3 is 10.2 Å². The normalized spacial score (nSPS) is 13.5. The summed E-state index contributed by atoms with van der Waals surface area (Å²) in [7, 11) is 0. The fraction of sp³-hybridized carbons (Fsp3) is 1.00. The van der Waals surface area contributed by atoms with Crippen molar-refractivity contribution in [2.75, 3.05) is 18.1 Å². The van der Waals surface area contributed by atoms with Crippen LogP contribution in [0.1, 0.15) is 33.1 Å². The largest absolute Gasteiger partial charge is 0.394 e. The second-order valence-corrected chi connectivity index (χ2v) is 6.37. The van der Waals surface area contributed by atoms with Gasteiger partial charge in [0.2, 0.25) is 0 Å². The number of rotatable bonds is 9. The molecule has 0 rings (SSSR count). The van der Waals surface area contributed by atoms with E-state index in [1.165, 1.54) is 0 Å². The zero-order chi connectivity index (χ0) is 10.8. The molecule has 86 valence electrons. The maximum Gasteiger partial charge on any atom is 0.0770 e. The van der Waals surface area contributed by atoms with Crippen LogP contribution in [0.4, 0.5) is 0 Å². The van der Waals surface area contributed by atoms with Crippen molar-refractivity contribution in [2.45, 2.75) is 43.8 Å². The van der Waals surface area contributed by atoms with Crippen molar-refractivity contribution >= 4 is 23.5 Å². The van der Waals surface area contributed by atoms with E-state index in [-0.39, 0.29) is 6.61 Å². The molecular formula is C10H22O2S2. The van der Waals surface area contributed by atoms with Gasteiger partial charge in [0, 0.05) is 0 Å². The van der Waals surface area contributed by atoms with Gasteiger partial charge in [0.1, 0.15) is 0 Å². The van der Waals surface area contributed by atoms with Gasteiger partial charge in [-0.25, -0.2) is 0 Å². The third kappa shape index (κ3) is 7.97. The first-order valence-corrected chi connectivity index (χ1v) is 7.36. The minimum atomic E-state index is -0.520. The summed E-state index contributed by atoms with van der Waals surface area (Å²) in [5.74, 6) is 2.31. The molecule has 0 aliphatic heterocycles. The van der Waals surface area contributed by atoms with Crippen LogP contribution in [-0.2, 0) is 0 Å². The molecule has 0 unspecified atom stereocenters. The van der Waals surface area contributed by atoms with Gasteiger partial charge >= 0.3 is 0 Å². The monoisotopic (exact) mass is 238 g/mol. The molecule has 0 aromatic rings. The van der Waals surface area contributed by atoms with Crippen LogP contribution in [0.5, 0.6) is 0 Å². The van der Waals surface area contributed by atoms with Gasteiger partial charge in [-0.15, -0.1) is 23.5 Å². The van der Waals surface area contributed by atoms with Crippen LogP contribution < -0.4 is 0 Å². The summed E-state index contributed by atoms with van der Waals surface area (Å²) >= 11 is 3.96. The highest BCUT2D eigenvalue weighted by Gasteiger charge is 2.09. The van der Waals surface area contributed by atoms with Crippen molar-refractivity contribution in [3.8, 4) is 0 Å². The molecule has 0 aliphatic carbocycles. The number of hydrogen-bond acceptors (Lipinski definition) is 4. The molecule has 2 N–H and O–H groups in total.